The fourth-order valence-electron chi connectivity index (χ4n) is 12.6. The van der Waals surface area contributed by atoms with E-state index < -0.39 is 0 Å². The van der Waals surface area contributed by atoms with Crippen LogP contribution in [0.5, 0.6) is 0 Å². The lowest BCUT2D eigenvalue weighted by molar-refractivity contribution is -0.0399. The maximum Gasteiger partial charge on any atom is 0.137 e. The maximum atomic E-state index is 6.58. The Hall–Kier alpha value is -4.30. The second kappa shape index (κ2) is 9.93. The third-order valence-corrected chi connectivity index (χ3v) is 14.5. The Kier molecular flexibility index (Phi) is 5.85. The fraction of sp³-hybridized carbons (Fsp3) is 0.375. The molecular weight excluding hydrogens is 607 g/mol. The Bertz CT molecular complexity index is 2340. The number of para-hydroxylation sites is 1. The molecule has 0 atom stereocenters. The van der Waals surface area contributed by atoms with Crippen LogP contribution in [0.25, 0.3) is 33.1 Å². The lowest BCUT2D eigenvalue weighted by Crippen LogP contribution is -2.55. The summed E-state index contributed by atoms with van der Waals surface area (Å²) in [5.74, 6) is 3.31. The number of fused-ring (bicyclic) bond motifs is 7. The Labute approximate surface area is 296 Å². The molecule has 0 saturated heterocycles. The molecule has 1 aromatic heterocycles. The molecule has 4 bridgehead atoms. The molecule has 50 heavy (non-hydrogen) atoms. The molecule has 12 rings (SSSR count). The van der Waals surface area contributed by atoms with E-state index in [0.717, 1.165) is 34.8 Å². The van der Waals surface area contributed by atoms with Gasteiger partial charge in [-0.2, -0.15) is 0 Å². The summed E-state index contributed by atoms with van der Waals surface area (Å²) in [4.78, 5) is 2.68. The van der Waals surface area contributed by atoms with Crippen LogP contribution in [-0.2, 0) is 16.2 Å². The Morgan fingerprint density at radius 1 is 0.540 bits per heavy atom. The van der Waals surface area contributed by atoms with E-state index >= 15 is 0 Å². The van der Waals surface area contributed by atoms with Gasteiger partial charge in [0.2, 0.25) is 0 Å². The minimum Gasteiger partial charge on any atom is -0.456 e. The van der Waals surface area contributed by atoms with E-state index in [2.05, 4.69) is 136 Å². The summed E-state index contributed by atoms with van der Waals surface area (Å²) in [5.41, 5.74) is 15.1. The van der Waals surface area contributed by atoms with Crippen molar-refractivity contribution in [1.29, 1.82) is 0 Å². The number of anilines is 3. The van der Waals surface area contributed by atoms with Crippen molar-refractivity contribution in [3.63, 3.8) is 0 Å². The van der Waals surface area contributed by atoms with Gasteiger partial charge in [0, 0.05) is 16.4 Å². The molecular formula is C48H47NO. The van der Waals surface area contributed by atoms with Gasteiger partial charge in [-0.25, -0.2) is 0 Å². The van der Waals surface area contributed by atoms with E-state index in [9.17, 15) is 0 Å². The molecule has 0 unspecified atom stereocenters. The first-order valence-corrected chi connectivity index (χ1v) is 19.3. The highest BCUT2D eigenvalue weighted by Gasteiger charge is 2.62. The first-order chi connectivity index (χ1) is 24.3. The summed E-state index contributed by atoms with van der Waals surface area (Å²) in [6.07, 6.45) is 9.41. The number of rotatable bonds is 3. The molecule has 6 aliphatic carbocycles. The van der Waals surface area contributed by atoms with Crippen molar-refractivity contribution in [1.82, 2.24) is 0 Å². The van der Waals surface area contributed by atoms with E-state index in [4.69, 9.17) is 4.42 Å². The standard InChI is InChI=1S/C48H47NO/c1-46(2)22-23-47(3,4)45-37(46)16-10-19-40(45)49(39-18-11-21-42-44(39)34-13-6-8-20-41(34)50-42)38-17-9-15-36-43(38)33-12-5-7-14-35(33)48(36)31-25-29-24-30(27-31)28-32(48)26-29/h5-21,29-32H,22-28H2,1-4H3. The molecule has 0 radical (unpaired) electrons. The Morgan fingerprint density at radius 3 is 1.94 bits per heavy atom. The summed E-state index contributed by atoms with van der Waals surface area (Å²) < 4.78 is 6.58. The Morgan fingerprint density at radius 2 is 1.14 bits per heavy atom. The molecule has 6 aromatic rings. The molecule has 0 amide bonds. The zero-order valence-electron chi connectivity index (χ0n) is 29.9. The van der Waals surface area contributed by atoms with Crippen LogP contribution >= 0.6 is 0 Å². The first-order valence-electron chi connectivity index (χ1n) is 19.3. The number of hydrogen-bond donors (Lipinski definition) is 0. The minimum atomic E-state index is 0.0323. The average molecular weight is 654 g/mol. The van der Waals surface area contributed by atoms with Crippen molar-refractivity contribution in [2.75, 3.05) is 4.90 Å². The lowest BCUT2D eigenvalue weighted by atomic mass is 9.43. The zero-order valence-corrected chi connectivity index (χ0v) is 29.9. The highest BCUT2D eigenvalue weighted by Crippen LogP contribution is 2.70. The van der Waals surface area contributed by atoms with Crippen molar-refractivity contribution in [3.8, 4) is 11.1 Å². The first kappa shape index (κ1) is 29.4. The molecule has 5 aromatic carbocycles. The van der Waals surface area contributed by atoms with Gasteiger partial charge in [0.15, 0.2) is 0 Å². The maximum absolute atomic E-state index is 6.58. The number of furan rings is 1. The van der Waals surface area contributed by atoms with Gasteiger partial charge in [0.05, 0.1) is 22.4 Å². The van der Waals surface area contributed by atoms with Gasteiger partial charge in [-0.05, 0) is 138 Å². The molecule has 2 nitrogen and oxygen atoms in total. The van der Waals surface area contributed by atoms with Gasteiger partial charge in [-0.15, -0.1) is 0 Å². The highest BCUT2D eigenvalue weighted by molar-refractivity contribution is 6.14. The summed E-state index contributed by atoms with van der Waals surface area (Å²) in [5, 5.41) is 2.37. The van der Waals surface area contributed by atoms with E-state index in [0.29, 0.717) is 0 Å². The third-order valence-electron chi connectivity index (χ3n) is 14.5. The smallest absolute Gasteiger partial charge is 0.137 e. The van der Waals surface area contributed by atoms with Crippen LogP contribution in [0.3, 0.4) is 0 Å². The van der Waals surface area contributed by atoms with Gasteiger partial charge < -0.3 is 9.32 Å². The topological polar surface area (TPSA) is 16.4 Å². The van der Waals surface area contributed by atoms with Gasteiger partial charge >= 0.3 is 0 Å². The lowest BCUT2D eigenvalue weighted by Gasteiger charge is -2.61. The normalized spacial score (nSPS) is 27.8. The van der Waals surface area contributed by atoms with Crippen molar-refractivity contribution in [2.45, 2.75) is 88.9 Å². The molecule has 4 fully saturated rings. The van der Waals surface area contributed by atoms with Crippen LogP contribution in [0.4, 0.5) is 17.1 Å². The van der Waals surface area contributed by atoms with Crippen LogP contribution < -0.4 is 4.90 Å². The molecule has 0 N–H and O–H groups in total. The fourth-order valence-corrected chi connectivity index (χ4v) is 12.6. The molecule has 0 aliphatic heterocycles. The van der Waals surface area contributed by atoms with Crippen molar-refractivity contribution < 1.29 is 4.42 Å². The number of hydrogen-bond acceptors (Lipinski definition) is 2. The van der Waals surface area contributed by atoms with Gasteiger partial charge in [-0.3, -0.25) is 0 Å². The van der Waals surface area contributed by atoms with Crippen molar-refractivity contribution in [3.05, 3.63) is 125 Å². The zero-order chi connectivity index (χ0) is 33.6. The summed E-state index contributed by atoms with van der Waals surface area (Å²) in [6.45, 7) is 9.86. The van der Waals surface area contributed by atoms with Crippen LogP contribution in [0, 0.1) is 23.7 Å². The predicted molar refractivity (Wildman–Crippen MR) is 207 cm³/mol. The van der Waals surface area contributed by atoms with Crippen molar-refractivity contribution in [2.24, 2.45) is 23.7 Å². The predicted octanol–water partition coefficient (Wildman–Crippen LogP) is 13.1. The average Bonchev–Trinajstić information content (AvgIpc) is 3.64. The van der Waals surface area contributed by atoms with E-state index in [1.807, 2.05) is 0 Å². The van der Waals surface area contributed by atoms with E-state index in [-0.39, 0.29) is 16.2 Å². The molecule has 1 heterocycles. The van der Waals surface area contributed by atoms with Gasteiger partial charge in [0.1, 0.15) is 11.2 Å². The van der Waals surface area contributed by atoms with Crippen LogP contribution in [-0.4, -0.2) is 0 Å². The van der Waals surface area contributed by atoms with Gasteiger partial charge in [-0.1, -0.05) is 100 Å². The highest BCUT2D eigenvalue weighted by atomic mass is 16.3. The largest absolute Gasteiger partial charge is 0.456 e. The van der Waals surface area contributed by atoms with Crippen LogP contribution in [0.15, 0.2) is 108 Å². The number of benzene rings is 5. The second-order valence-corrected chi connectivity index (χ2v) is 18.0. The van der Waals surface area contributed by atoms with E-state index in [1.165, 1.54) is 95.0 Å². The SMILES string of the molecule is CC1(C)CCC(C)(C)c2c(N(c3cccc4c3-c3ccccc3C43C4CC5CC(C4)CC3C5)c3cccc4oc5ccccc5c34)cccc21. The molecule has 6 aliphatic rings. The quantitative estimate of drug-likeness (QED) is 0.189. The third kappa shape index (κ3) is 3.70. The molecule has 1 spiro atoms. The van der Waals surface area contributed by atoms with Crippen LogP contribution in [0.1, 0.15) is 94.9 Å². The van der Waals surface area contributed by atoms with Crippen molar-refractivity contribution >= 4 is 39.0 Å². The minimum absolute atomic E-state index is 0.0323. The summed E-state index contributed by atoms with van der Waals surface area (Å²) >= 11 is 0. The second-order valence-electron chi connectivity index (χ2n) is 18.0. The molecule has 2 heteroatoms. The molecule has 250 valence electrons. The van der Waals surface area contributed by atoms with Crippen LogP contribution in [0.2, 0.25) is 0 Å². The monoisotopic (exact) mass is 653 g/mol. The summed E-state index contributed by atoms with van der Waals surface area (Å²) in [7, 11) is 0. The Balaban J connectivity index is 1.26. The summed E-state index contributed by atoms with van der Waals surface area (Å²) in [6, 6.07) is 39.4. The number of nitrogens with zero attached hydrogens (tertiary/aromatic N) is 1. The van der Waals surface area contributed by atoms with Gasteiger partial charge in [0.25, 0.3) is 0 Å². The van der Waals surface area contributed by atoms with E-state index in [1.54, 1.807) is 11.1 Å². The molecule has 4 saturated carbocycles.